The van der Waals surface area contributed by atoms with Crippen molar-refractivity contribution in [3.8, 4) is 0 Å². The first-order valence-electron chi connectivity index (χ1n) is 7.42. The molecule has 8 heteroatoms. The Bertz CT molecular complexity index is 864. The number of fused-ring (bicyclic) bond motifs is 1. The lowest BCUT2D eigenvalue weighted by atomic mass is 10.2. The van der Waals surface area contributed by atoms with E-state index in [1.54, 1.807) is 24.5 Å². The van der Waals surface area contributed by atoms with E-state index in [4.69, 9.17) is 0 Å². The van der Waals surface area contributed by atoms with Crippen LogP contribution < -0.4 is 10.6 Å². The second kappa shape index (κ2) is 5.55. The summed E-state index contributed by atoms with van der Waals surface area (Å²) < 4.78 is 27.7. The lowest BCUT2D eigenvalue weighted by molar-refractivity contribution is 0.102. The number of carbonyl (C=O) groups is 1. The molecule has 0 unspecified atom stereocenters. The minimum atomic E-state index is -2.68. The van der Waals surface area contributed by atoms with E-state index in [2.05, 4.69) is 20.7 Å². The van der Waals surface area contributed by atoms with Gasteiger partial charge in [0.05, 0.1) is 6.20 Å². The largest absolute Gasteiger partial charge is 0.339 e. The third-order valence-electron chi connectivity index (χ3n) is 3.85. The highest BCUT2D eigenvalue weighted by atomic mass is 19.3. The molecule has 6 nitrogen and oxygen atoms in total. The highest BCUT2D eigenvalue weighted by molar-refractivity contribution is 6.08. The number of nitrogens with zero attached hydrogens (tertiary/aromatic N) is 3. The van der Waals surface area contributed by atoms with Gasteiger partial charge in [0.2, 0.25) is 0 Å². The Morgan fingerprint density at radius 3 is 2.71 bits per heavy atom. The summed E-state index contributed by atoms with van der Waals surface area (Å²) in [6, 6.07) is 3.28. The van der Waals surface area contributed by atoms with E-state index in [1.807, 2.05) is 0 Å². The third kappa shape index (κ3) is 2.55. The van der Waals surface area contributed by atoms with Crippen molar-refractivity contribution < 1.29 is 13.6 Å². The molecule has 1 aliphatic carbocycles. The van der Waals surface area contributed by atoms with Gasteiger partial charge in [0.1, 0.15) is 17.1 Å². The predicted molar refractivity (Wildman–Crippen MR) is 84.6 cm³/mol. The number of pyridine rings is 1. The van der Waals surface area contributed by atoms with E-state index in [0.29, 0.717) is 11.4 Å². The summed E-state index contributed by atoms with van der Waals surface area (Å²) in [6.07, 6.45) is 4.86. The van der Waals surface area contributed by atoms with Gasteiger partial charge in [-0.25, -0.2) is 13.5 Å². The number of carbonyl (C=O) groups excluding carboxylic acids is 1. The predicted octanol–water partition coefficient (Wildman–Crippen LogP) is 3.11. The average molecular weight is 329 g/mol. The van der Waals surface area contributed by atoms with Gasteiger partial charge in [-0.15, -0.1) is 0 Å². The van der Waals surface area contributed by atoms with Gasteiger partial charge in [0, 0.05) is 23.8 Å². The summed E-state index contributed by atoms with van der Waals surface area (Å²) in [5.41, 5.74) is 2.24. The molecular weight excluding hydrogens is 316 g/mol. The molecule has 2 aliphatic rings. The monoisotopic (exact) mass is 329 g/mol. The minimum Gasteiger partial charge on any atom is -0.339 e. The Morgan fingerprint density at radius 1 is 1.29 bits per heavy atom. The lowest BCUT2D eigenvalue weighted by Gasteiger charge is -2.20. The number of hydrogen-bond acceptors (Lipinski definition) is 4. The van der Waals surface area contributed by atoms with Crippen LogP contribution >= 0.6 is 0 Å². The third-order valence-corrected chi connectivity index (χ3v) is 3.85. The fraction of sp³-hybridized carbons (Fsp3) is 0.188. The van der Waals surface area contributed by atoms with Gasteiger partial charge >= 0.3 is 0 Å². The van der Waals surface area contributed by atoms with Crippen LogP contribution in [0.15, 0.2) is 48.1 Å². The van der Waals surface area contributed by atoms with Crippen molar-refractivity contribution in [1.29, 1.82) is 0 Å². The van der Waals surface area contributed by atoms with Crippen LogP contribution in [-0.4, -0.2) is 27.1 Å². The molecular formula is C16H13F2N5O. The standard InChI is InChI=1S/C16H13F2N5O/c17-14(18)13-7-12(9-1-2-9)22-15-11(8-20-23(13)15)16(24)21-10-3-5-19-6-4-10/h3-8,14,22H,1-2H2,(H,19,21,24). The van der Waals surface area contributed by atoms with Crippen LogP contribution in [0, 0.1) is 0 Å². The van der Waals surface area contributed by atoms with Crippen LogP contribution in [0.4, 0.5) is 20.3 Å². The molecule has 1 fully saturated rings. The number of halogens is 2. The number of nitrogens with one attached hydrogen (secondary N) is 2. The summed E-state index contributed by atoms with van der Waals surface area (Å²) in [6.45, 7) is 0. The number of hydrogen-bond donors (Lipinski definition) is 2. The molecule has 2 aromatic rings. The zero-order chi connectivity index (χ0) is 16.7. The first-order valence-corrected chi connectivity index (χ1v) is 7.42. The molecule has 0 atom stereocenters. The zero-order valence-corrected chi connectivity index (χ0v) is 12.5. The topological polar surface area (TPSA) is 71.8 Å². The van der Waals surface area contributed by atoms with E-state index >= 15 is 0 Å². The van der Waals surface area contributed by atoms with Crippen LogP contribution in [0.3, 0.4) is 0 Å². The van der Waals surface area contributed by atoms with E-state index in [1.165, 1.54) is 12.3 Å². The van der Waals surface area contributed by atoms with Gasteiger partial charge in [0.15, 0.2) is 0 Å². The highest BCUT2D eigenvalue weighted by Crippen LogP contribution is 2.38. The Labute approximate surface area is 135 Å². The number of aromatic nitrogens is 3. The molecule has 0 radical (unpaired) electrons. The van der Waals surface area contributed by atoms with Crippen LogP contribution in [0.5, 0.6) is 0 Å². The molecule has 4 rings (SSSR count). The lowest BCUT2D eigenvalue weighted by Crippen LogP contribution is -2.20. The van der Waals surface area contributed by atoms with Crippen LogP contribution in [-0.2, 0) is 0 Å². The molecule has 1 aliphatic heterocycles. The maximum atomic E-state index is 13.3. The number of anilines is 2. The summed E-state index contributed by atoms with van der Waals surface area (Å²) in [4.78, 5) is 16.3. The van der Waals surface area contributed by atoms with Crippen molar-refractivity contribution in [2.45, 2.75) is 19.3 Å². The van der Waals surface area contributed by atoms with Crippen molar-refractivity contribution in [1.82, 2.24) is 14.8 Å². The molecule has 24 heavy (non-hydrogen) atoms. The summed E-state index contributed by atoms with van der Waals surface area (Å²) >= 11 is 0. The summed E-state index contributed by atoms with van der Waals surface area (Å²) in [5.74, 6) is -0.167. The smallest absolute Gasteiger partial charge is 0.280 e. The van der Waals surface area contributed by atoms with Crippen LogP contribution in [0.2, 0.25) is 0 Å². The molecule has 0 saturated heterocycles. The molecule has 0 bridgehead atoms. The second-order valence-electron chi connectivity index (χ2n) is 5.52. The fourth-order valence-corrected chi connectivity index (χ4v) is 2.51. The van der Waals surface area contributed by atoms with Crippen molar-refractivity contribution in [3.63, 3.8) is 0 Å². The summed E-state index contributed by atoms with van der Waals surface area (Å²) in [7, 11) is 0. The quantitative estimate of drug-likeness (QED) is 0.907. The van der Waals surface area contributed by atoms with Crippen molar-refractivity contribution in [2.24, 2.45) is 0 Å². The minimum absolute atomic E-state index is 0.205. The highest BCUT2D eigenvalue weighted by Gasteiger charge is 2.30. The van der Waals surface area contributed by atoms with Gasteiger partial charge in [-0.2, -0.15) is 5.10 Å². The zero-order valence-electron chi connectivity index (χ0n) is 12.5. The maximum Gasteiger partial charge on any atom is 0.280 e. The maximum absolute atomic E-state index is 13.3. The van der Waals surface area contributed by atoms with Gasteiger partial charge in [-0.1, -0.05) is 0 Å². The van der Waals surface area contributed by atoms with Crippen molar-refractivity contribution >= 4 is 23.1 Å². The first kappa shape index (κ1) is 14.6. The number of amides is 1. The van der Waals surface area contributed by atoms with Gasteiger partial charge in [-0.3, -0.25) is 9.78 Å². The Morgan fingerprint density at radius 2 is 2.04 bits per heavy atom. The van der Waals surface area contributed by atoms with Crippen LogP contribution in [0.25, 0.3) is 5.70 Å². The Balaban J connectivity index is 1.70. The molecule has 1 saturated carbocycles. The number of alkyl halides is 2. The number of rotatable bonds is 3. The van der Waals surface area contributed by atoms with Gasteiger partial charge in [-0.05, 0) is 36.6 Å². The van der Waals surface area contributed by atoms with Crippen molar-refractivity contribution in [2.75, 3.05) is 10.6 Å². The van der Waals surface area contributed by atoms with E-state index in [9.17, 15) is 13.6 Å². The Hall–Kier alpha value is -3.03. The normalized spacial score (nSPS) is 15.7. The molecule has 0 aromatic carbocycles. The van der Waals surface area contributed by atoms with Crippen molar-refractivity contribution in [3.05, 3.63) is 53.6 Å². The van der Waals surface area contributed by atoms with E-state index in [-0.39, 0.29) is 17.1 Å². The average Bonchev–Trinajstić information content (AvgIpc) is 3.34. The van der Waals surface area contributed by atoms with E-state index < -0.39 is 12.3 Å². The van der Waals surface area contributed by atoms with E-state index in [0.717, 1.165) is 23.1 Å². The SMILES string of the molecule is O=C(Nc1ccncc1)c1cnn2c1NC(=C1CC1)C=C2C(F)F. The summed E-state index contributed by atoms with van der Waals surface area (Å²) in [5, 5.41) is 9.71. The number of allylic oxidation sites excluding steroid dienone is 3. The molecule has 3 heterocycles. The molecule has 0 spiro atoms. The second-order valence-corrected chi connectivity index (χ2v) is 5.52. The molecule has 122 valence electrons. The fourth-order valence-electron chi connectivity index (χ4n) is 2.51. The van der Waals surface area contributed by atoms with Gasteiger partial charge < -0.3 is 10.6 Å². The molecule has 2 N–H and O–H groups in total. The first-order chi connectivity index (χ1) is 11.6. The molecule has 2 aromatic heterocycles. The molecule has 1 amide bonds. The van der Waals surface area contributed by atoms with Crippen LogP contribution in [0.1, 0.15) is 23.2 Å². The van der Waals surface area contributed by atoms with Gasteiger partial charge in [0.25, 0.3) is 12.3 Å². The Kier molecular flexibility index (Phi) is 3.37.